The fourth-order valence-corrected chi connectivity index (χ4v) is 0.651. The van der Waals surface area contributed by atoms with Crippen LogP contribution in [0.3, 0.4) is 0 Å². The SMILES string of the molecule is C[n+]1ccn(N)c1C=O.[I-]. The smallest absolute Gasteiger partial charge is 0.345 e. The Hall–Kier alpha value is -0.590. The van der Waals surface area contributed by atoms with E-state index in [0.29, 0.717) is 12.1 Å². The van der Waals surface area contributed by atoms with E-state index in [2.05, 4.69) is 0 Å². The van der Waals surface area contributed by atoms with Gasteiger partial charge in [0.2, 0.25) is 6.29 Å². The number of carbonyl (C=O) groups excluding carboxylic acids is 1. The van der Waals surface area contributed by atoms with Crippen LogP contribution < -0.4 is 34.4 Å². The number of carbonyl (C=O) groups is 1. The van der Waals surface area contributed by atoms with Crippen molar-refractivity contribution in [1.29, 1.82) is 0 Å². The third-order valence-corrected chi connectivity index (χ3v) is 1.18. The average molecular weight is 253 g/mol. The topological polar surface area (TPSA) is 51.9 Å². The molecular weight excluding hydrogens is 245 g/mol. The fourth-order valence-electron chi connectivity index (χ4n) is 0.651. The molecule has 0 aliphatic heterocycles. The van der Waals surface area contributed by atoms with Gasteiger partial charge in [0.15, 0.2) is 6.20 Å². The Bertz CT molecular complexity index is 213. The van der Waals surface area contributed by atoms with Gasteiger partial charge in [0.25, 0.3) is 0 Å². The van der Waals surface area contributed by atoms with Crippen molar-refractivity contribution in [3.8, 4) is 0 Å². The second-order valence-corrected chi connectivity index (χ2v) is 1.79. The second-order valence-electron chi connectivity index (χ2n) is 1.79. The zero-order valence-electron chi connectivity index (χ0n) is 5.49. The summed E-state index contributed by atoms with van der Waals surface area (Å²) in [6.07, 6.45) is 4.04. The van der Waals surface area contributed by atoms with Crippen LogP contribution in [0.2, 0.25) is 0 Å². The van der Waals surface area contributed by atoms with E-state index in [1.165, 1.54) is 4.68 Å². The van der Waals surface area contributed by atoms with Crippen LogP contribution >= 0.6 is 0 Å². The fraction of sp³-hybridized carbons (Fsp3) is 0.200. The van der Waals surface area contributed by atoms with Crippen molar-refractivity contribution >= 4 is 6.29 Å². The van der Waals surface area contributed by atoms with Crippen molar-refractivity contribution in [3.63, 3.8) is 0 Å². The number of imidazole rings is 1. The normalized spacial score (nSPS) is 8.50. The third-order valence-electron chi connectivity index (χ3n) is 1.18. The van der Waals surface area contributed by atoms with E-state index in [1.807, 2.05) is 0 Å². The van der Waals surface area contributed by atoms with Crippen LogP contribution in [0.1, 0.15) is 10.6 Å². The molecule has 0 aliphatic carbocycles. The minimum atomic E-state index is 0. The second kappa shape index (κ2) is 3.55. The van der Waals surface area contributed by atoms with Gasteiger partial charge >= 0.3 is 5.82 Å². The lowest BCUT2D eigenvalue weighted by atomic mass is 10.7. The van der Waals surface area contributed by atoms with E-state index in [-0.39, 0.29) is 24.0 Å². The molecule has 0 saturated carbocycles. The van der Waals surface area contributed by atoms with Gasteiger partial charge in [0.1, 0.15) is 6.20 Å². The molecule has 1 rings (SSSR count). The monoisotopic (exact) mass is 253 g/mol. The Labute approximate surface area is 75.6 Å². The summed E-state index contributed by atoms with van der Waals surface area (Å²) in [4.78, 5) is 10.2. The first-order chi connectivity index (χ1) is 4.25. The molecule has 0 aliphatic rings. The highest BCUT2D eigenvalue weighted by Gasteiger charge is 2.08. The molecule has 0 aromatic carbocycles. The van der Waals surface area contributed by atoms with Gasteiger partial charge in [-0.05, 0) is 0 Å². The first kappa shape index (κ1) is 9.41. The van der Waals surface area contributed by atoms with Crippen LogP contribution in [0.25, 0.3) is 0 Å². The van der Waals surface area contributed by atoms with Crippen LogP contribution in [0.4, 0.5) is 0 Å². The van der Waals surface area contributed by atoms with Gasteiger partial charge in [-0.1, -0.05) is 0 Å². The number of halogens is 1. The van der Waals surface area contributed by atoms with Gasteiger partial charge in [-0.15, -0.1) is 4.68 Å². The maximum atomic E-state index is 10.2. The molecule has 0 fully saturated rings. The first-order valence-electron chi connectivity index (χ1n) is 2.53. The largest absolute Gasteiger partial charge is 1.00 e. The number of aromatic nitrogens is 2. The molecule has 1 aromatic heterocycles. The number of aryl methyl sites for hydroxylation is 1. The molecule has 1 aromatic rings. The molecule has 0 unspecified atom stereocenters. The van der Waals surface area contributed by atoms with Crippen LogP contribution in [-0.4, -0.2) is 11.0 Å². The van der Waals surface area contributed by atoms with Crippen LogP contribution in [0, 0.1) is 0 Å². The summed E-state index contributed by atoms with van der Waals surface area (Å²) < 4.78 is 2.92. The van der Waals surface area contributed by atoms with E-state index in [9.17, 15) is 4.79 Å². The maximum Gasteiger partial charge on any atom is 0.345 e. The molecule has 0 amide bonds. The van der Waals surface area contributed by atoms with E-state index >= 15 is 0 Å². The molecule has 4 nitrogen and oxygen atoms in total. The lowest BCUT2D eigenvalue weighted by molar-refractivity contribution is -0.672. The van der Waals surface area contributed by atoms with Gasteiger partial charge in [-0.3, -0.25) is 10.6 Å². The average Bonchev–Trinajstić information content (AvgIpc) is 2.12. The van der Waals surface area contributed by atoms with Crippen molar-refractivity contribution in [2.45, 2.75) is 0 Å². The highest BCUT2D eigenvalue weighted by atomic mass is 127. The van der Waals surface area contributed by atoms with E-state index in [1.54, 1.807) is 24.0 Å². The summed E-state index contributed by atoms with van der Waals surface area (Å²) in [6.45, 7) is 0. The molecule has 0 spiro atoms. The number of aldehydes is 1. The van der Waals surface area contributed by atoms with Gasteiger partial charge in [-0.2, -0.15) is 0 Å². The Kier molecular flexibility index (Phi) is 3.34. The summed E-state index contributed by atoms with van der Waals surface area (Å²) in [5, 5.41) is 0. The maximum absolute atomic E-state index is 10.2. The zero-order chi connectivity index (χ0) is 6.85. The number of nitrogens with two attached hydrogens (primary N) is 1. The minimum Gasteiger partial charge on any atom is -1.00 e. The van der Waals surface area contributed by atoms with E-state index in [0.717, 1.165) is 0 Å². The number of hydrogen-bond acceptors (Lipinski definition) is 2. The molecule has 2 N–H and O–H groups in total. The highest BCUT2D eigenvalue weighted by molar-refractivity contribution is 5.66. The lowest BCUT2D eigenvalue weighted by Gasteiger charge is -1.83. The predicted molar refractivity (Wildman–Crippen MR) is 31.1 cm³/mol. The van der Waals surface area contributed by atoms with Crippen LogP contribution in [0.15, 0.2) is 12.4 Å². The standard InChI is InChI=1S/C5H7N3O.HI/c1-7-2-3-8(6)5(7)4-9;/h2-4H,1H3,(H-,6,9);1H. The van der Waals surface area contributed by atoms with Crippen molar-refractivity contribution in [2.24, 2.45) is 7.05 Å². The molecule has 56 valence electrons. The van der Waals surface area contributed by atoms with Crippen molar-refractivity contribution in [1.82, 2.24) is 4.68 Å². The van der Waals surface area contributed by atoms with Crippen molar-refractivity contribution < 1.29 is 33.3 Å². The first-order valence-corrected chi connectivity index (χ1v) is 2.53. The van der Waals surface area contributed by atoms with Gasteiger partial charge in [0.05, 0.1) is 7.05 Å². The van der Waals surface area contributed by atoms with E-state index in [4.69, 9.17) is 5.84 Å². The predicted octanol–water partition coefficient (Wildman–Crippen LogP) is -4.16. The van der Waals surface area contributed by atoms with Crippen LogP contribution in [0.5, 0.6) is 0 Å². The van der Waals surface area contributed by atoms with Crippen molar-refractivity contribution in [3.05, 3.63) is 18.2 Å². The quantitative estimate of drug-likeness (QED) is 0.239. The molecule has 1 heterocycles. The molecular formula is C5H8IN3O. The molecule has 0 saturated heterocycles. The van der Waals surface area contributed by atoms with Crippen molar-refractivity contribution in [2.75, 3.05) is 5.84 Å². The van der Waals surface area contributed by atoms with Gasteiger partial charge in [-0.25, -0.2) is 4.57 Å². The number of nitrogen functional groups attached to an aromatic ring is 1. The Morgan fingerprint density at radius 1 is 1.80 bits per heavy atom. The molecule has 0 radical (unpaired) electrons. The summed E-state index contributed by atoms with van der Waals surface area (Å²) >= 11 is 0. The highest BCUT2D eigenvalue weighted by Crippen LogP contribution is 1.80. The van der Waals surface area contributed by atoms with Gasteiger partial charge < -0.3 is 24.0 Å². The Morgan fingerprint density at radius 2 is 2.40 bits per heavy atom. The summed E-state index contributed by atoms with van der Waals surface area (Å²) in [5.41, 5.74) is 0. The number of hydrogen-bond donors (Lipinski definition) is 1. The minimum absolute atomic E-state index is 0. The Balaban J connectivity index is 0.000000810. The molecule has 0 atom stereocenters. The zero-order valence-corrected chi connectivity index (χ0v) is 7.65. The Morgan fingerprint density at radius 3 is 2.60 bits per heavy atom. The molecule has 10 heavy (non-hydrogen) atoms. The third kappa shape index (κ3) is 1.47. The number of nitrogens with zero attached hydrogens (tertiary/aromatic N) is 2. The summed E-state index contributed by atoms with van der Waals surface area (Å²) in [7, 11) is 1.76. The van der Waals surface area contributed by atoms with E-state index < -0.39 is 0 Å². The summed E-state index contributed by atoms with van der Waals surface area (Å²) in [5.74, 6) is 5.77. The van der Waals surface area contributed by atoms with Crippen LogP contribution in [-0.2, 0) is 7.05 Å². The molecule has 0 bridgehead atoms. The number of rotatable bonds is 1. The summed E-state index contributed by atoms with van der Waals surface area (Å²) in [6, 6.07) is 0. The molecule has 5 heteroatoms. The van der Waals surface area contributed by atoms with Gasteiger partial charge in [0, 0.05) is 0 Å². The lowest BCUT2D eigenvalue weighted by Crippen LogP contribution is -3.00.